The molecule has 12 heteroatoms. The van der Waals surface area contributed by atoms with Crippen LogP contribution < -0.4 is 21.3 Å². The number of rotatable bonds is 15. The van der Waals surface area contributed by atoms with Crippen molar-refractivity contribution in [3.63, 3.8) is 0 Å². The molecule has 0 unspecified atom stereocenters. The highest BCUT2D eigenvalue weighted by Crippen LogP contribution is 2.39. The first-order valence-corrected chi connectivity index (χ1v) is 19.4. The third kappa shape index (κ3) is 10.7. The van der Waals surface area contributed by atoms with Gasteiger partial charge in [-0.25, -0.2) is 0 Å². The van der Waals surface area contributed by atoms with Crippen LogP contribution >= 0.6 is 23.5 Å². The second-order valence-electron chi connectivity index (χ2n) is 14.0. The van der Waals surface area contributed by atoms with Gasteiger partial charge in [0, 0.05) is 36.4 Å². The minimum Gasteiger partial charge on any atom is -0.350 e. The lowest BCUT2D eigenvalue weighted by molar-refractivity contribution is -0.152. The SMILES string of the molecule is CSCC[C@H](NC(=O)[C@@H]1CC[C@@H]2CC[C@](Cc3ccccc3)(NC(=O)[C@H](CSC(C)(C)C)NC(C)=O)C(=O)N21)C(=O)NCc1ccccc1. The first-order chi connectivity index (χ1) is 23.3. The van der Waals surface area contributed by atoms with Crippen LogP contribution in [0.4, 0.5) is 0 Å². The van der Waals surface area contributed by atoms with Crippen LogP contribution in [-0.2, 0) is 36.9 Å². The smallest absolute Gasteiger partial charge is 0.249 e. The normalized spacial score (nSPS) is 21.7. The van der Waals surface area contributed by atoms with E-state index >= 15 is 0 Å². The molecule has 266 valence electrons. The number of hydrogen-bond donors (Lipinski definition) is 4. The van der Waals surface area contributed by atoms with Crippen molar-refractivity contribution >= 4 is 53.1 Å². The number of thioether (sulfide) groups is 2. The molecule has 2 heterocycles. The zero-order valence-electron chi connectivity index (χ0n) is 29.3. The number of carbonyl (C=O) groups is 5. The molecule has 5 amide bonds. The van der Waals surface area contributed by atoms with Crippen molar-refractivity contribution in [1.82, 2.24) is 26.2 Å². The Bertz CT molecular complexity index is 1450. The van der Waals surface area contributed by atoms with Crippen LogP contribution in [0, 0.1) is 0 Å². The predicted octanol–water partition coefficient (Wildman–Crippen LogP) is 3.83. The fraction of sp³-hybridized carbons (Fsp3) is 0.541. The Morgan fingerprint density at radius 1 is 0.898 bits per heavy atom. The van der Waals surface area contributed by atoms with Gasteiger partial charge in [-0.2, -0.15) is 23.5 Å². The van der Waals surface area contributed by atoms with Crippen molar-refractivity contribution in [3.8, 4) is 0 Å². The molecule has 4 N–H and O–H groups in total. The van der Waals surface area contributed by atoms with Crippen LogP contribution in [0.25, 0.3) is 0 Å². The molecule has 49 heavy (non-hydrogen) atoms. The molecular formula is C37H51N5O5S2. The van der Waals surface area contributed by atoms with Crippen LogP contribution in [0.3, 0.4) is 0 Å². The number of piperidine rings is 1. The number of carbonyl (C=O) groups excluding carboxylic acids is 5. The fourth-order valence-corrected chi connectivity index (χ4v) is 7.90. The third-order valence-electron chi connectivity index (χ3n) is 8.99. The molecule has 5 atom stereocenters. The molecule has 2 aromatic carbocycles. The van der Waals surface area contributed by atoms with E-state index in [2.05, 4.69) is 21.3 Å². The van der Waals surface area contributed by atoms with Gasteiger partial charge in [0.05, 0.1) is 0 Å². The van der Waals surface area contributed by atoms with E-state index in [0.717, 1.165) is 11.1 Å². The molecule has 0 aromatic heterocycles. The molecule has 4 rings (SSSR count). The minimum atomic E-state index is -1.31. The van der Waals surface area contributed by atoms with Crippen LogP contribution in [0.15, 0.2) is 60.7 Å². The van der Waals surface area contributed by atoms with Gasteiger partial charge in [0.25, 0.3) is 0 Å². The first-order valence-electron chi connectivity index (χ1n) is 17.0. The molecule has 2 aromatic rings. The number of nitrogens with zero attached hydrogens (tertiary/aromatic N) is 1. The lowest BCUT2D eigenvalue weighted by Crippen LogP contribution is -2.69. The molecule has 2 fully saturated rings. The zero-order valence-corrected chi connectivity index (χ0v) is 30.9. The average molecular weight is 710 g/mol. The summed E-state index contributed by atoms with van der Waals surface area (Å²) >= 11 is 3.15. The van der Waals surface area contributed by atoms with Gasteiger partial charge < -0.3 is 26.2 Å². The molecule has 0 radical (unpaired) electrons. The van der Waals surface area contributed by atoms with E-state index in [1.165, 1.54) is 6.92 Å². The topological polar surface area (TPSA) is 137 Å². The van der Waals surface area contributed by atoms with Gasteiger partial charge in [0.1, 0.15) is 23.7 Å². The monoisotopic (exact) mass is 709 g/mol. The Balaban J connectivity index is 1.56. The minimum absolute atomic E-state index is 0.144. The van der Waals surface area contributed by atoms with Crippen molar-refractivity contribution in [2.45, 2.75) is 107 Å². The second-order valence-corrected chi connectivity index (χ2v) is 16.8. The Hall–Kier alpha value is -3.51. The van der Waals surface area contributed by atoms with Crippen molar-refractivity contribution < 1.29 is 24.0 Å². The average Bonchev–Trinajstić information content (AvgIpc) is 3.51. The van der Waals surface area contributed by atoms with E-state index in [-0.39, 0.29) is 40.8 Å². The summed E-state index contributed by atoms with van der Waals surface area (Å²) in [5.74, 6) is -0.688. The summed E-state index contributed by atoms with van der Waals surface area (Å²) in [6.45, 7) is 7.84. The van der Waals surface area contributed by atoms with Crippen molar-refractivity contribution in [3.05, 3.63) is 71.8 Å². The Morgan fingerprint density at radius 2 is 1.55 bits per heavy atom. The maximum Gasteiger partial charge on any atom is 0.249 e. The van der Waals surface area contributed by atoms with Gasteiger partial charge in [0.15, 0.2) is 0 Å². The summed E-state index contributed by atoms with van der Waals surface area (Å²) in [4.78, 5) is 69.8. The number of amides is 5. The van der Waals surface area contributed by atoms with Gasteiger partial charge in [0.2, 0.25) is 29.5 Å². The van der Waals surface area contributed by atoms with Crippen molar-refractivity contribution in [1.29, 1.82) is 0 Å². The molecule has 2 aliphatic heterocycles. The highest BCUT2D eigenvalue weighted by atomic mass is 32.2. The summed E-state index contributed by atoms with van der Waals surface area (Å²) in [5, 5.41) is 11.8. The van der Waals surface area contributed by atoms with E-state index < -0.39 is 29.6 Å². The van der Waals surface area contributed by atoms with Crippen molar-refractivity contribution in [2.75, 3.05) is 17.8 Å². The van der Waals surface area contributed by atoms with Crippen molar-refractivity contribution in [2.24, 2.45) is 0 Å². The van der Waals surface area contributed by atoms with Crippen LogP contribution in [0.5, 0.6) is 0 Å². The molecular weight excluding hydrogens is 659 g/mol. The fourth-order valence-electron chi connectivity index (χ4n) is 6.53. The molecule has 0 spiro atoms. The van der Waals surface area contributed by atoms with Gasteiger partial charge >= 0.3 is 0 Å². The van der Waals surface area contributed by atoms with Crippen LogP contribution in [0.1, 0.15) is 70.9 Å². The predicted molar refractivity (Wildman–Crippen MR) is 197 cm³/mol. The molecule has 2 saturated heterocycles. The second kappa shape index (κ2) is 17.4. The Morgan fingerprint density at radius 3 is 2.16 bits per heavy atom. The highest BCUT2D eigenvalue weighted by molar-refractivity contribution is 8.00. The summed E-state index contributed by atoms with van der Waals surface area (Å²) in [5.41, 5.74) is 0.520. The van der Waals surface area contributed by atoms with E-state index in [4.69, 9.17) is 0 Å². The number of benzene rings is 2. The summed E-state index contributed by atoms with van der Waals surface area (Å²) < 4.78 is -0.144. The summed E-state index contributed by atoms with van der Waals surface area (Å²) in [6, 6.07) is 16.6. The van der Waals surface area contributed by atoms with Gasteiger partial charge in [-0.15, -0.1) is 0 Å². The van der Waals surface area contributed by atoms with Crippen LogP contribution in [0.2, 0.25) is 0 Å². The van der Waals surface area contributed by atoms with Gasteiger partial charge in [-0.3, -0.25) is 24.0 Å². The number of nitrogens with one attached hydrogen (secondary N) is 4. The lowest BCUT2D eigenvalue weighted by Gasteiger charge is -2.46. The zero-order chi connectivity index (χ0) is 35.6. The molecule has 0 bridgehead atoms. The molecule has 10 nitrogen and oxygen atoms in total. The largest absolute Gasteiger partial charge is 0.350 e. The van der Waals surface area contributed by atoms with E-state index in [1.807, 2.05) is 87.7 Å². The molecule has 0 saturated carbocycles. The Labute approximate surface area is 299 Å². The van der Waals surface area contributed by atoms with Gasteiger partial charge in [-0.1, -0.05) is 81.4 Å². The first kappa shape index (κ1) is 38.3. The van der Waals surface area contributed by atoms with E-state index in [1.54, 1.807) is 28.4 Å². The standard InChI is InChI=1S/C37H51N5O5S2/c1-25(43)39-30(24-49-36(2,3)4)33(45)41-37(22-26-12-8-6-9-13-26)20-18-28-16-17-31(42(28)35(37)47)34(46)40-29(19-21-48-5)32(44)38-23-27-14-10-7-11-15-27/h6-15,28-31H,16-24H2,1-5H3,(H,38,44)(H,39,43)(H,40,46)(H,41,45)/t28-,29+,30+,31+,37-/m1/s1. The summed E-state index contributed by atoms with van der Waals surface area (Å²) in [6.07, 6.45) is 4.78. The number of fused-ring (bicyclic) bond motifs is 1. The Kier molecular flexibility index (Phi) is 13.6. The summed E-state index contributed by atoms with van der Waals surface area (Å²) in [7, 11) is 0. The van der Waals surface area contributed by atoms with Gasteiger partial charge in [-0.05, 0) is 55.2 Å². The highest BCUT2D eigenvalue weighted by Gasteiger charge is 2.54. The third-order valence-corrected chi connectivity index (χ3v) is 11.0. The maximum absolute atomic E-state index is 14.8. The molecule has 0 aliphatic carbocycles. The van der Waals surface area contributed by atoms with Crippen LogP contribution in [-0.4, -0.2) is 86.7 Å². The number of hydrogen-bond acceptors (Lipinski definition) is 7. The quantitative estimate of drug-likeness (QED) is 0.221. The molecule has 2 aliphatic rings. The lowest BCUT2D eigenvalue weighted by atomic mass is 9.79. The van der Waals surface area contributed by atoms with E-state index in [0.29, 0.717) is 50.2 Å². The maximum atomic E-state index is 14.8. The van der Waals surface area contributed by atoms with E-state index in [9.17, 15) is 24.0 Å².